The molecule has 1 aromatic rings. The number of aliphatic hydroxyl groups excluding tert-OH is 1. The Bertz CT molecular complexity index is 362. The zero-order chi connectivity index (χ0) is 10.9. The Morgan fingerprint density at radius 3 is 2.93 bits per heavy atom. The Labute approximate surface area is 89.3 Å². The van der Waals surface area contributed by atoms with Crippen LogP contribution in [0.25, 0.3) is 0 Å². The maximum absolute atomic E-state index is 10.2. The van der Waals surface area contributed by atoms with Crippen LogP contribution in [0.3, 0.4) is 0 Å². The quantitative estimate of drug-likeness (QED) is 0.768. The van der Waals surface area contributed by atoms with E-state index in [0.29, 0.717) is 6.42 Å². The van der Waals surface area contributed by atoms with Crippen molar-refractivity contribution >= 4 is 0 Å². The van der Waals surface area contributed by atoms with Gasteiger partial charge in [0.1, 0.15) is 11.4 Å². The maximum atomic E-state index is 10.2. The summed E-state index contributed by atoms with van der Waals surface area (Å²) >= 11 is 0. The Hall–Kier alpha value is -1.06. The number of benzene rings is 1. The van der Waals surface area contributed by atoms with E-state index in [1.165, 1.54) is 0 Å². The number of methoxy groups -OCH3 is 1. The third kappa shape index (κ3) is 1.62. The molecule has 0 aliphatic heterocycles. The summed E-state index contributed by atoms with van der Waals surface area (Å²) in [6.07, 6.45) is 2.40. The van der Waals surface area contributed by atoms with Gasteiger partial charge in [0, 0.05) is 5.56 Å². The summed E-state index contributed by atoms with van der Waals surface area (Å²) < 4.78 is 5.26. The van der Waals surface area contributed by atoms with Crippen LogP contribution in [0.1, 0.15) is 24.0 Å². The third-order valence-electron chi connectivity index (χ3n) is 3.13. The number of hydrogen-bond acceptors (Lipinski definition) is 3. The molecule has 1 aliphatic carbocycles. The molecule has 0 spiro atoms. The molecule has 0 aromatic heterocycles. The molecule has 0 bridgehead atoms. The van der Waals surface area contributed by atoms with E-state index in [-0.39, 0.29) is 6.61 Å². The second kappa shape index (κ2) is 3.83. The van der Waals surface area contributed by atoms with E-state index in [0.717, 1.165) is 29.7 Å². The summed E-state index contributed by atoms with van der Waals surface area (Å²) in [7, 11) is 1.63. The van der Waals surface area contributed by atoms with Gasteiger partial charge in [-0.05, 0) is 30.9 Å². The fourth-order valence-corrected chi connectivity index (χ4v) is 2.31. The van der Waals surface area contributed by atoms with Crippen LogP contribution < -0.4 is 4.74 Å². The van der Waals surface area contributed by atoms with Gasteiger partial charge < -0.3 is 14.9 Å². The van der Waals surface area contributed by atoms with Gasteiger partial charge in [0.05, 0.1) is 13.7 Å². The van der Waals surface area contributed by atoms with Crippen LogP contribution in [-0.2, 0) is 12.0 Å². The fraction of sp³-hybridized carbons (Fsp3) is 0.500. The average Bonchev–Trinajstić information content (AvgIpc) is 2.29. The Morgan fingerprint density at radius 2 is 2.27 bits per heavy atom. The molecule has 1 atom stereocenters. The topological polar surface area (TPSA) is 49.7 Å². The molecule has 3 nitrogen and oxygen atoms in total. The predicted molar refractivity (Wildman–Crippen MR) is 56.9 cm³/mol. The number of rotatable bonds is 2. The highest BCUT2D eigenvalue weighted by atomic mass is 16.5. The molecule has 0 saturated heterocycles. The summed E-state index contributed by atoms with van der Waals surface area (Å²) in [6, 6.07) is 5.61. The minimum absolute atomic E-state index is 0.229. The van der Waals surface area contributed by atoms with Crippen LogP contribution in [0.2, 0.25) is 0 Å². The first-order valence-electron chi connectivity index (χ1n) is 5.21. The van der Waals surface area contributed by atoms with Crippen molar-refractivity contribution in [2.75, 3.05) is 13.7 Å². The molecule has 15 heavy (non-hydrogen) atoms. The molecule has 1 aromatic carbocycles. The van der Waals surface area contributed by atoms with E-state index in [1.54, 1.807) is 7.11 Å². The van der Waals surface area contributed by atoms with Crippen LogP contribution >= 0.6 is 0 Å². The largest absolute Gasteiger partial charge is 0.496 e. The molecular formula is C12H16O3. The highest BCUT2D eigenvalue weighted by Gasteiger charge is 2.34. The first-order valence-corrected chi connectivity index (χ1v) is 5.21. The Morgan fingerprint density at radius 1 is 1.47 bits per heavy atom. The van der Waals surface area contributed by atoms with Gasteiger partial charge in [-0.3, -0.25) is 0 Å². The van der Waals surface area contributed by atoms with Crippen molar-refractivity contribution in [2.45, 2.75) is 24.9 Å². The zero-order valence-electron chi connectivity index (χ0n) is 8.86. The van der Waals surface area contributed by atoms with E-state index in [9.17, 15) is 10.2 Å². The molecule has 1 aliphatic rings. The zero-order valence-corrected chi connectivity index (χ0v) is 8.86. The molecule has 2 N–H and O–H groups in total. The van der Waals surface area contributed by atoms with Crippen LogP contribution in [0, 0.1) is 0 Å². The third-order valence-corrected chi connectivity index (χ3v) is 3.13. The standard InChI is InChI=1S/C12H16O3/c1-15-11-6-2-5-10-9(11)4-3-7-12(10,14)8-13/h2,5-6,13-14H,3-4,7-8H2,1H3. The van der Waals surface area contributed by atoms with E-state index < -0.39 is 5.60 Å². The van der Waals surface area contributed by atoms with E-state index in [1.807, 2.05) is 18.2 Å². The maximum Gasteiger partial charge on any atom is 0.122 e. The second-order valence-corrected chi connectivity index (χ2v) is 4.03. The minimum Gasteiger partial charge on any atom is -0.496 e. The molecule has 0 heterocycles. The first-order chi connectivity index (χ1) is 7.21. The summed E-state index contributed by atoms with van der Waals surface area (Å²) in [5, 5.41) is 19.5. The van der Waals surface area contributed by atoms with Crippen molar-refractivity contribution in [1.82, 2.24) is 0 Å². The van der Waals surface area contributed by atoms with Crippen molar-refractivity contribution in [3.05, 3.63) is 29.3 Å². The van der Waals surface area contributed by atoms with Crippen LogP contribution in [0.15, 0.2) is 18.2 Å². The molecular weight excluding hydrogens is 192 g/mol. The molecule has 0 amide bonds. The number of hydrogen-bond donors (Lipinski definition) is 2. The van der Waals surface area contributed by atoms with Crippen LogP contribution in [0.5, 0.6) is 5.75 Å². The van der Waals surface area contributed by atoms with Crippen molar-refractivity contribution in [3.8, 4) is 5.75 Å². The molecule has 82 valence electrons. The smallest absolute Gasteiger partial charge is 0.122 e. The lowest BCUT2D eigenvalue weighted by atomic mass is 9.79. The summed E-state index contributed by atoms with van der Waals surface area (Å²) in [4.78, 5) is 0. The van der Waals surface area contributed by atoms with Gasteiger partial charge in [0.25, 0.3) is 0 Å². The monoisotopic (exact) mass is 208 g/mol. The highest BCUT2D eigenvalue weighted by molar-refractivity contribution is 5.44. The Kier molecular flexibility index (Phi) is 2.67. The van der Waals surface area contributed by atoms with Crippen molar-refractivity contribution in [3.63, 3.8) is 0 Å². The second-order valence-electron chi connectivity index (χ2n) is 4.03. The van der Waals surface area contributed by atoms with E-state index in [4.69, 9.17) is 4.74 Å². The van der Waals surface area contributed by atoms with Gasteiger partial charge in [-0.1, -0.05) is 12.1 Å². The lowest BCUT2D eigenvalue weighted by Gasteiger charge is -2.33. The normalized spacial score (nSPS) is 24.7. The summed E-state index contributed by atoms with van der Waals surface area (Å²) in [5.74, 6) is 0.805. The van der Waals surface area contributed by atoms with E-state index in [2.05, 4.69) is 0 Å². The van der Waals surface area contributed by atoms with E-state index >= 15 is 0 Å². The summed E-state index contributed by atoms with van der Waals surface area (Å²) in [5.41, 5.74) is 0.765. The van der Waals surface area contributed by atoms with Gasteiger partial charge in [-0.25, -0.2) is 0 Å². The van der Waals surface area contributed by atoms with Gasteiger partial charge in [-0.2, -0.15) is 0 Å². The van der Waals surface area contributed by atoms with Crippen molar-refractivity contribution in [1.29, 1.82) is 0 Å². The fourth-order valence-electron chi connectivity index (χ4n) is 2.31. The molecule has 0 fully saturated rings. The Balaban J connectivity index is 2.53. The summed E-state index contributed by atoms with van der Waals surface area (Å²) in [6.45, 7) is -0.229. The lowest BCUT2D eigenvalue weighted by Crippen LogP contribution is -2.34. The molecule has 0 saturated carbocycles. The van der Waals surface area contributed by atoms with Crippen LogP contribution in [0.4, 0.5) is 0 Å². The SMILES string of the molecule is COc1cccc2c1CCCC2(O)CO. The number of fused-ring (bicyclic) bond motifs is 1. The van der Waals surface area contributed by atoms with Crippen LogP contribution in [-0.4, -0.2) is 23.9 Å². The molecule has 1 unspecified atom stereocenters. The minimum atomic E-state index is -1.08. The van der Waals surface area contributed by atoms with Gasteiger partial charge >= 0.3 is 0 Å². The van der Waals surface area contributed by atoms with Gasteiger partial charge in [0.2, 0.25) is 0 Å². The molecule has 2 rings (SSSR count). The first kappa shape index (κ1) is 10.5. The molecule has 3 heteroatoms. The average molecular weight is 208 g/mol. The van der Waals surface area contributed by atoms with Crippen molar-refractivity contribution in [2.24, 2.45) is 0 Å². The number of ether oxygens (including phenoxy) is 1. The predicted octanol–water partition coefficient (Wildman–Crippen LogP) is 1.21. The lowest BCUT2D eigenvalue weighted by molar-refractivity contribution is -0.0329. The number of aliphatic hydroxyl groups is 2. The van der Waals surface area contributed by atoms with Crippen molar-refractivity contribution < 1.29 is 14.9 Å². The van der Waals surface area contributed by atoms with Gasteiger partial charge in [-0.15, -0.1) is 0 Å². The van der Waals surface area contributed by atoms with Gasteiger partial charge in [0.15, 0.2) is 0 Å². The molecule has 0 radical (unpaired) electrons. The highest BCUT2D eigenvalue weighted by Crippen LogP contribution is 2.38.